The van der Waals surface area contributed by atoms with Crippen LogP contribution in [0, 0.1) is 10.1 Å². The molecule has 0 saturated heterocycles. The van der Waals surface area contributed by atoms with E-state index in [1.807, 2.05) is 6.07 Å². The van der Waals surface area contributed by atoms with Crippen molar-refractivity contribution in [3.8, 4) is 0 Å². The van der Waals surface area contributed by atoms with Gasteiger partial charge >= 0.3 is 0 Å². The summed E-state index contributed by atoms with van der Waals surface area (Å²) in [4.78, 5) is 13.1. The van der Waals surface area contributed by atoms with Crippen LogP contribution in [0.1, 0.15) is 38.2 Å². The first-order valence-corrected chi connectivity index (χ1v) is 7.13. The Bertz CT molecular complexity index is 474. The SMILES string of the molecule is CCCCN(Cc1ccc(NN)c([N+](=O)[O-])c1)C1CC1. The molecule has 6 nitrogen and oxygen atoms in total. The van der Waals surface area contributed by atoms with Crippen molar-refractivity contribution >= 4 is 11.4 Å². The molecule has 2 rings (SSSR count). The minimum Gasteiger partial charge on any atom is -0.318 e. The summed E-state index contributed by atoms with van der Waals surface area (Å²) in [6.07, 6.45) is 4.82. The van der Waals surface area contributed by atoms with Crippen molar-refractivity contribution in [2.24, 2.45) is 5.84 Å². The van der Waals surface area contributed by atoms with E-state index in [9.17, 15) is 10.1 Å². The van der Waals surface area contributed by atoms with Gasteiger partial charge in [0, 0.05) is 18.7 Å². The third kappa shape index (κ3) is 3.68. The van der Waals surface area contributed by atoms with E-state index in [0.29, 0.717) is 11.7 Å². The van der Waals surface area contributed by atoms with Crippen LogP contribution in [0.3, 0.4) is 0 Å². The summed E-state index contributed by atoms with van der Waals surface area (Å²) in [7, 11) is 0. The van der Waals surface area contributed by atoms with Crippen molar-refractivity contribution in [1.29, 1.82) is 0 Å². The molecule has 1 fully saturated rings. The Morgan fingerprint density at radius 2 is 2.25 bits per heavy atom. The van der Waals surface area contributed by atoms with E-state index in [0.717, 1.165) is 18.7 Å². The lowest BCUT2D eigenvalue weighted by atomic mass is 10.1. The Morgan fingerprint density at radius 1 is 1.50 bits per heavy atom. The molecule has 110 valence electrons. The summed E-state index contributed by atoms with van der Waals surface area (Å²) in [5.74, 6) is 5.30. The molecular formula is C14H22N4O2. The Balaban J connectivity index is 2.11. The second-order valence-corrected chi connectivity index (χ2v) is 5.31. The second kappa shape index (κ2) is 6.67. The molecule has 0 unspecified atom stereocenters. The maximum Gasteiger partial charge on any atom is 0.293 e. The Hall–Kier alpha value is -1.66. The lowest BCUT2D eigenvalue weighted by molar-refractivity contribution is -0.384. The van der Waals surface area contributed by atoms with Crippen LogP contribution in [0.15, 0.2) is 18.2 Å². The van der Waals surface area contributed by atoms with Crippen molar-refractivity contribution in [2.45, 2.75) is 45.2 Å². The quantitative estimate of drug-likeness (QED) is 0.434. The minimum atomic E-state index is -0.397. The topological polar surface area (TPSA) is 84.4 Å². The Kier molecular flexibility index (Phi) is 4.92. The number of hydrogen-bond acceptors (Lipinski definition) is 5. The maximum absolute atomic E-state index is 11.0. The fraction of sp³-hybridized carbons (Fsp3) is 0.571. The van der Waals surface area contributed by atoms with Crippen LogP contribution < -0.4 is 11.3 Å². The smallest absolute Gasteiger partial charge is 0.293 e. The largest absolute Gasteiger partial charge is 0.318 e. The number of rotatable bonds is 8. The molecule has 0 spiro atoms. The predicted molar refractivity (Wildman–Crippen MR) is 79.2 cm³/mol. The summed E-state index contributed by atoms with van der Waals surface area (Å²) in [5.41, 5.74) is 3.73. The molecule has 0 bridgehead atoms. The molecule has 0 aromatic heterocycles. The van der Waals surface area contributed by atoms with Gasteiger partial charge in [-0.3, -0.25) is 20.9 Å². The lowest BCUT2D eigenvalue weighted by Crippen LogP contribution is -2.26. The minimum absolute atomic E-state index is 0.0382. The first-order chi connectivity index (χ1) is 9.65. The third-order valence-corrected chi connectivity index (χ3v) is 3.66. The van der Waals surface area contributed by atoms with Gasteiger partial charge in [-0.2, -0.15) is 0 Å². The highest BCUT2D eigenvalue weighted by atomic mass is 16.6. The van der Waals surface area contributed by atoms with Gasteiger partial charge in [0.25, 0.3) is 5.69 Å². The molecule has 1 saturated carbocycles. The van der Waals surface area contributed by atoms with Gasteiger partial charge in [-0.25, -0.2) is 0 Å². The van der Waals surface area contributed by atoms with Gasteiger partial charge in [-0.05, 0) is 37.4 Å². The second-order valence-electron chi connectivity index (χ2n) is 5.31. The maximum atomic E-state index is 11.0. The van der Waals surface area contributed by atoms with Crippen LogP contribution in [-0.2, 0) is 6.54 Å². The van der Waals surface area contributed by atoms with E-state index in [1.165, 1.54) is 25.7 Å². The molecular weight excluding hydrogens is 256 g/mol. The molecule has 1 aromatic rings. The van der Waals surface area contributed by atoms with Gasteiger partial charge in [0.15, 0.2) is 0 Å². The molecule has 0 amide bonds. The van der Waals surface area contributed by atoms with E-state index < -0.39 is 4.92 Å². The van der Waals surface area contributed by atoms with Gasteiger partial charge < -0.3 is 5.43 Å². The van der Waals surface area contributed by atoms with Gasteiger partial charge in [-0.15, -0.1) is 0 Å². The number of unbranched alkanes of at least 4 members (excludes halogenated alkanes) is 1. The molecule has 0 radical (unpaired) electrons. The van der Waals surface area contributed by atoms with Gasteiger partial charge in [0.05, 0.1) is 4.92 Å². The predicted octanol–water partition coefficient (Wildman–Crippen LogP) is 2.64. The number of anilines is 1. The first-order valence-electron chi connectivity index (χ1n) is 7.13. The number of nitrogens with one attached hydrogen (secondary N) is 1. The first kappa shape index (κ1) is 14.7. The molecule has 6 heteroatoms. The average Bonchev–Trinajstić information content (AvgIpc) is 3.27. The molecule has 1 aromatic carbocycles. The number of nitrogens with zero attached hydrogens (tertiary/aromatic N) is 2. The molecule has 3 N–H and O–H groups in total. The molecule has 20 heavy (non-hydrogen) atoms. The third-order valence-electron chi connectivity index (χ3n) is 3.66. The Labute approximate surface area is 119 Å². The average molecular weight is 278 g/mol. The van der Waals surface area contributed by atoms with Crippen molar-refractivity contribution in [3.63, 3.8) is 0 Å². The fourth-order valence-corrected chi connectivity index (χ4v) is 2.37. The van der Waals surface area contributed by atoms with Gasteiger partial charge in [-0.1, -0.05) is 19.4 Å². The number of nitro benzene ring substituents is 1. The molecule has 1 aliphatic carbocycles. The number of nitro groups is 1. The van der Waals surface area contributed by atoms with Crippen molar-refractivity contribution in [3.05, 3.63) is 33.9 Å². The zero-order valence-corrected chi connectivity index (χ0v) is 11.8. The zero-order chi connectivity index (χ0) is 14.5. The van der Waals surface area contributed by atoms with Gasteiger partial charge in [0.1, 0.15) is 5.69 Å². The molecule has 0 atom stereocenters. The standard InChI is InChI=1S/C14H22N4O2/c1-2-3-8-17(12-5-6-12)10-11-4-7-13(16-15)14(9-11)18(19)20/h4,7,9,12,16H,2-3,5-6,8,10,15H2,1H3. The highest BCUT2D eigenvalue weighted by molar-refractivity contribution is 5.61. The van der Waals surface area contributed by atoms with E-state index >= 15 is 0 Å². The highest BCUT2D eigenvalue weighted by Gasteiger charge is 2.28. The summed E-state index contributed by atoms with van der Waals surface area (Å²) in [6, 6.07) is 5.87. The van der Waals surface area contributed by atoms with Crippen molar-refractivity contribution < 1.29 is 4.92 Å². The van der Waals surface area contributed by atoms with Crippen LogP contribution in [0.25, 0.3) is 0 Å². The van der Waals surface area contributed by atoms with E-state index in [2.05, 4.69) is 17.2 Å². The number of nitrogen functional groups attached to an aromatic ring is 1. The van der Waals surface area contributed by atoms with E-state index in [4.69, 9.17) is 5.84 Å². The van der Waals surface area contributed by atoms with Crippen LogP contribution in [0.2, 0.25) is 0 Å². The summed E-state index contributed by atoms with van der Waals surface area (Å²) in [5, 5.41) is 11.0. The Morgan fingerprint density at radius 3 is 2.80 bits per heavy atom. The van der Waals surface area contributed by atoms with Crippen molar-refractivity contribution in [2.75, 3.05) is 12.0 Å². The molecule has 1 aliphatic rings. The normalized spacial score (nSPS) is 14.6. The van der Waals surface area contributed by atoms with Crippen molar-refractivity contribution in [1.82, 2.24) is 4.90 Å². The monoisotopic (exact) mass is 278 g/mol. The zero-order valence-electron chi connectivity index (χ0n) is 11.8. The fourth-order valence-electron chi connectivity index (χ4n) is 2.37. The van der Waals surface area contributed by atoms with Crippen LogP contribution in [0.4, 0.5) is 11.4 Å². The molecule has 0 heterocycles. The van der Waals surface area contributed by atoms with Crippen LogP contribution in [0.5, 0.6) is 0 Å². The van der Waals surface area contributed by atoms with Crippen LogP contribution in [-0.4, -0.2) is 22.4 Å². The lowest BCUT2D eigenvalue weighted by Gasteiger charge is -2.21. The number of hydrogen-bond donors (Lipinski definition) is 2. The summed E-state index contributed by atoms with van der Waals surface area (Å²) < 4.78 is 0. The van der Waals surface area contributed by atoms with Crippen LogP contribution >= 0.6 is 0 Å². The van der Waals surface area contributed by atoms with E-state index in [1.54, 1.807) is 12.1 Å². The number of benzene rings is 1. The number of nitrogens with two attached hydrogens (primary N) is 1. The molecule has 0 aliphatic heterocycles. The summed E-state index contributed by atoms with van der Waals surface area (Å²) in [6.45, 7) is 4.01. The highest BCUT2D eigenvalue weighted by Crippen LogP contribution is 2.30. The van der Waals surface area contributed by atoms with Gasteiger partial charge in [0.2, 0.25) is 0 Å². The summed E-state index contributed by atoms with van der Waals surface area (Å²) >= 11 is 0. The van der Waals surface area contributed by atoms with E-state index in [-0.39, 0.29) is 5.69 Å². The number of hydrazine groups is 1.